The van der Waals surface area contributed by atoms with Gasteiger partial charge in [0.1, 0.15) is 0 Å². The molecule has 0 saturated carbocycles. The van der Waals surface area contributed by atoms with Gasteiger partial charge in [-0.05, 0) is 51.6 Å². The molecule has 36 heavy (non-hydrogen) atoms. The van der Waals surface area contributed by atoms with Crippen molar-refractivity contribution in [2.45, 2.75) is 0 Å². The molecular weight excluding hydrogens is 436 g/mol. The van der Waals surface area contributed by atoms with Crippen LogP contribution in [0, 0.1) is 0 Å². The monoisotopic (exact) mass is 460 g/mol. The second-order valence-corrected chi connectivity index (χ2v) is 8.74. The Balaban J connectivity index is 1.30. The Kier molecular flexibility index (Phi) is 5.91. The van der Waals surface area contributed by atoms with Crippen LogP contribution in [0.1, 0.15) is 0 Å². The molecule has 0 saturated heterocycles. The Hall–Kier alpha value is -4.82. The Morgan fingerprint density at radius 3 is 1.42 bits per heavy atom. The fraction of sp³-hybridized carbons (Fsp3) is 0. The van der Waals surface area contributed by atoms with Crippen LogP contribution in [0.2, 0.25) is 0 Å². The summed E-state index contributed by atoms with van der Waals surface area (Å²) in [5, 5.41) is 0. The van der Waals surface area contributed by atoms with E-state index in [-0.39, 0.29) is 0 Å². The minimum absolute atomic E-state index is 0.723. The number of hydrogen-bond donors (Lipinski definition) is 0. The second kappa shape index (κ2) is 9.81. The third kappa shape index (κ3) is 4.57. The molecule has 0 unspecified atom stereocenters. The van der Waals surface area contributed by atoms with Gasteiger partial charge in [0, 0.05) is 17.3 Å². The van der Waals surface area contributed by atoms with Gasteiger partial charge in [-0.1, -0.05) is 121 Å². The normalized spacial score (nSPS) is 10.8. The lowest BCUT2D eigenvalue weighted by atomic mass is 9.98. The molecule has 2 nitrogen and oxygen atoms in total. The van der Waals surface area contributed by atoms with Crippen molar-refractivity contribution in [2.75, 3.05) is 0 Å². The molecule has 170 valence electrons. The summed E-state index contributed by atoms with van der Waals surface area (Å²) in [5.74, 6) is 0.723. The Morgan fingerprint density at radius 1 is 0.333 bits per heavy atom. The van der Waals surface area contributed by atoms with Crippen molar-refractivity contribution < 1.29 is 0 Å². The molecule has 0 aliphatic heterocycles. The highest BCUT2D eigenvalue weighted by Crippen LogP contribution is 2.30. The van der Waals surface area contributed by atoms with Crippen molar-refractivity contribution in [1.29, 1.82) is 0 Å². The van der Waals surface area contributed by atoms with E-state index in [9.17, 15) is 0 Å². The molecule has 0 atom stereocenters. The van der Waals surface area contributed by atoms with Gasteiger partial charge >= 0.3 is 0 Å². The van der Waals surface area contributed by atoms with Crippen molar-refractivity contribution in [1.82, 2.24) is 9.97 Å². The maximum Gasteiger partial charge on any atom is 0.159 e. The molecule has 0 aliphatic carbocycles. The first-order valence-electron chi connectivity index (χ1n) is 12.1. The maximum absolute atomic E-state index is 4.90. The molecule has 6 rings (SSSR count). The molecule has 1 heterocycles. The Bertz CT molecular complexity index is 1610. The highest BCUT2D eigenvalue weighted by atomic mass is 14.9. The average Bonchev–Trinajstić information content (AvgIpc) is 2.98. The van der Waals surface area contributed by atoms with Crippen molar-refractivity contribution in [3.05, 3.63) is 146 Å². The summed E-state index contributed by atoms with van der Waals surface area (Å²) in [7, 11) is 0. The van der Waals surface area contributed by atoms with Crippen molar-refractivity contribution in [2.24, 2.45) is 0 Å². The lowest BCUT2D eigenvalue weighted by molar-refractivity contribution is 1.18. The van der Waals surface area contributed by atoms with E-state index in [0.29, 0.717) is 0 Å². The van der Waals surface area contributed by atoms with Crippen molar-refractivity contribution in [3.63, 3.8) is 0 Å². The molecule has 0 N–H and O–H groups in total. The van der Waals surface area contributed by atoms with Gasteiger partial charge in [0.2, 0.25) is 0 Å². The van der Waals surface area contributed by atoms with E-state index < -0.39 is 0 Å². The van der Waals surface area contributed by atoms with Gasteiger partial charge in [-0.2, -0.15) is 0 Å². The van der Waals surface area contributed by atoms with Crippen LogP contribution in [0.15, 0.2) is 146 Å². The van der Waals surface area contributed by atoms with E-state index in [4.69, 9.17) is 4.98 Å². The maximum atomic E-state index is 4.90. The van der Waals surface area contributed by atoms with Crippen LogP contribution < -0.4 is 0 Å². The Labute approximate surface area is 211 Å². The van der Waals surface area contributed by atoms with Crippen LogP contribution in [0.4, 0.5) is 0 Å². The first kappa shape index (κ1) is 21.7. The molecule has 0 radical (unpaired) electrons. The van der Waals surface area contributed by atoms with E-state index in [1.165, 1.54) is 27.8 Å². The first-order chi connectivity index (χ1) is 17.8. The van der Waals surface area contributed by atoms with Gasteiger partial charge in [0.25, 0.3) is 0 Å². The zero-order valence-corrected chi connectivity index (χ0v) is 19.8. The molecule has 2 heteroatoms. The zero-order chi connectivity index (χ0) is 24.2. The summed E-state index contributed by atoms with van der Waals surface area (Å²) in [6.45, 7) is 0. The number of hydrogen-bond acceptors (Lipinski definition) is 2. The highest BCUT2D eigenvalue weighted by molar-refractivity contribution is 5.76. The van der Waals surface area contributed by atoms with E-state index >= 15 is 0 Å². The summed E-state index contributed by atoms with van der Waals surface area (Å²) in [6, 6.07) is 48.5. The van der Waals surface area contributed by atoms with Crippen LogP contribution in [0.5, 0.6) is 0 Å². The van der Waals surface area contributed by atoms with E-state index in [2.05, 4.69) is 126 Å². The van der Waals surface area contributed by atoms with E-state index in [1.54, 1.807) is 0 Å². The molecule has 6 aromatic rings. The van der Waals surface area contributed by atoms with Gasteiger partial charge in [-0.15, -0.1) is 0 Å². The Morgan fingerprint density at radius 2 is 0.778 bits per heavy atom. The van der Waals surface area contributed by atoms with E-state index in [0.717, 1.165) is 28.2 Å². The quantitative estimate of drug-likeness (QED) is 0.257. The van der Waals surface area contributed by atoms with Crippen LogP contribution in [-0.2, 0) is 0 Å². The molecule has 1 aromatic heterocycles. The van der Waals surface area contributed by atoms with Crippen LogP contribution in [0.25, 0.3) is 56.0 Å². The summed E-state index contributed by atoms with van der Waals surface area (Å²) in [5.41, 5.74) is 10.1. The first-order valence-corrected chi connectivity index (χ1v) is 12.1. The molecule has 0 amide bonds. The average molecular weight is 461 g/mol. The standard InChI is InChI=1S/C34H24N2/c1-3-9-25(10-4-1)27-17-19-28(20-18-27)33-21-22-35-34(36-33)32-16-8-15-31(24-32)30-14-7-13-29(23-30)26-11-5-2-6-12-26/h1-24H. The third-order valence-electron chi connectivity index (χ3n) is 6.37. The SMILES string of the molecule is c1ccc(-c2ccc(-c3ccnc(-c4cccc(-c5cccc(-c6ccccc6)c5)c4)n3)cc2)cc1. The third-order valence-corrected chi connectivity index (χ3v) is 6.37. The van der Waals surface area contributed by atoms with Gasteiger partial charge in [-0.25, -0.2) is 9.97 Å². The lowest BCUT2D eigenvalue weighted by Gasteiger charge is -2.09. The number of nitrogens with zero attached hydrogens (tertiary/aromatic N) is 2. The molecule has 0 aliphatic rings. The lowest BCUT2D eigenvalue weighted by Crippen LogP contribution is -1.92. The van der Waals surface area contributed by atoms with Crippen LogP contribution in [-0.4, -0.2) is 9.97 Å². The van der Waals surface area contributed by atoms with Gasteiger partial charge < -0.3 is 0 Å². The number of aromatic nitrogens is 2. The topological polar surface area (TPSA) is 25.8 Å². The minimum atomic E-state index is 0.723. The summed E-state index contributed by atoms with van der Waals surface area (Å²) >= 11 is 0. The molecule has 0 spiro atoms. The minimum Gasteiger partial charge on any atom is -0.237 e. The predicted octanol–water partition coefficient (Wildman–Crippen LogP) is 8.81. The van der Waals surface area contributed by atoms with Crippen LogP contribution >= 0.6 is 0 Å². The number of rotatable bonds is 5. The molecule has 0 fully saturated rings. The van der Waals surface area contributed by atoms with E-state index in [1.807, 2.05) is 24.4 Å². The predicted molar refractivity (Wildman–Crippen MR) is 149 cm³/mol. The zero-order valence-electron chi connectivity index (χ0n) is 19.8. The van der Waals surface area contributed by atoms with Gasteiger partial charge in [0.05, 0.1) is 5.69 Å². The van der Waals surface area contributed by atoms with Crippen molar-refractivity contribution in [3.8, 4) is 56.0 Å². The summed E-state index contributed by atoms with van der Waals surface area (Å²) < 4.78 is 0. The molecular formula is C34H24N2. The second-order valence-electron chi connectivity index (χ2n) is 8.74. The van der Waals surface area contributed by atoms with Gasteiger partial charge in [-0.3, -0.25) is 0 Å². The largest absolute Gasteiger partial charge is 0.237 e. The highest BCUT2D eigenvalue weighted by Gasteiger charge is 2.08. The van der Waals surface area contributed by atoms with Gasteiger partial charge in [0.15, 0.2) is 5.82 Å². The molecule has 5 aromatic carbocycles. The smallest absolute Gasteiger partial charge is 0.159 e. The summed E-state index contributed by atoms with van der Waals surface area (Å²) in [6.07, 6.45) is 1.84. The fourth-order valence-corrected chi connectivity index (χ4v) is 4.47. The van der Waals surface area contributed by atoms with Crippen molar-refractivity contribution >= 4 is 0 Å². The fourth-order valence-electron chi connectivity index (χ4n) is 4.47. The molecule has 0 bridgehead atoms. The van der Waals surface area contributed by atoms with Crippen LogP contribution in [0.3, 0.4) is 0 Å². The summed E-state index contributed by atoms with van der Waals surface area (Å²) in [4.78, 5) is 9.49. The number of benzene rings is 5.